The number of benzene rings is 1. The number of anilines is 3. The largest absolute Gasteiger partial charge is 0.598 e. The van der Waals surface area contributed by atoms with Gasteiger partial charge in [0.25, 0.3) is 5.56 Å². The molecule has 3 aromatic heterocycles. The van der Waals surface area contributed by atoms with E-state index in [0.29, 0.717) is 47.5 Å². The number of nitrogens with zero attached hydrogens (tertiary/aromatic N) is 8. The molecule has 1 aromatic carbocycles. The van der Waals surface area contributed by atoms with Crippen molar-refractivity contribution < 1.29 is 9.35 Å². The van der Waals surface area contributed by atoms with Gasteiger partial charge in [-0.3, -0.25) is 14.2 Å². The molecule has 0 aliphatic carbocycles. The van der Waals surface area contributed by atoms with Gasteiger partial charge in [0.1, 0.15) is 17.7 Å². The molecule has 5 heterocycles. The first-order valence-corrected chi connectivity index (χ1v) is 17.7. The third kappa shape index (κ3) is 7.61. The highest BCUT2D eigenvalue weighted by Crippen LogP contribution is 2.28. The molecule has 13 nitrogen and oxygen atoms in total. The van der Waals surface area contributed by atoms with E-state index < -0.39 is 11.4 Å². The predicted molar refractivity (Wildman–Crippen MR) is 186 cm³/mol. The van der Waals surface area contributed by atoms with Crippen LogP contribution in [0.3, 0.4) is 0 Å². The number of likely N-dealkylation sites (N-methyl/N-ethyl adjacent to an activating group) is 1. The number of amides is 1. The number of pyridine rings is 1. The number of piperidine rings is 2. The van der Waals surface area contributed by atoms with Crippen LogP contribution >= 0.6 is 0 Å². The summed E-state index contributed by atoms with van der Waals surface area (Å²) in [6, 6.07) is 10.4. The van der Waals surface area contributed by atoms with Gasteiger partial charge in [-0.25, -0.2) is 9.97 Å². The molecular formula is C33H44N10O3S. The Bertz CT molecular complexity index is 1750. The number of carbonyl (C=O) groups excluding carboxylic acids is 1. The zero-order valence-corrected chi connectivity index (χ0v) is 28.4. The van der Waals surface area contributed by atoms with Gasteiger partial charge >= 0.3 is 0 Å². The Morgan fingerprint density at radius 1 is 1.11 bits per heavy atom. The first-order valence-electron chi connectivity index (χ1n) is 16.2. The molecule has 0 radical (unpaired) electrons. The van der Waals surface area contributed by atoms with Gasteiger partial charge in [-0.05, 0) is 76.2 Å². The van der Waals surface area contributed by atoms with Crippen molar-refractivity contribution in [1.29, 1.82) is 0 Å². The Balaban J connectivity index is 1.29. The molecule has 47 heavy (non-hydrogen) atoms. The van der Waals surface area contributed by atoms with Crippen LogP contribution in [-0.4, -0.2) is 108 Å². The number of likely N-dealkylation sites (tertiary alicyclic amines) is 2. The molecule has 2 atom stereocenters. The summed E-state index contributed by atoms with van der Waals surface area (Å²) in [6.07, 6.45) is 10.9. The number of hydrogen-bond donors (Lipinski definition) is 2. The fraction of sp³-hybridized carbons (Fsp3) is 0.485. The normalized spacial score (nSPS) is 18.5. The van der Waals surface area contributed by atoms with Crippen LogP contribution in [0.15, 0.2) is 53.7 Å². The van der Waals surface area contributed by atoms with E-state index in [1.807, 2.05) is 27.8 Å². The van der Waals surface area contributed by atoms with Crippen LogP contribution in [-0.2, 0) is 22.7 Å². The maximum absolute atomic E-state index is 14.2. The number of nitrogens with one attached hydrogen (secondary N) is 2. The smallest absolute Gasteiger partial charge is 0.263 e. The fourth-order valence-corrected chi connectivity index (χ4v) is 6.75. The van der Waals surface area contributed by atoms with Crippen molar-refractivity contribution in [3.05, 3.63) is 59.3 Å². The topological polar surface area (TPSA) is 140 Å². The van der Waals surface area contributed by atoms with Gasteiger partial charge in [-0.15, -0.1) is 4.31 Å². The summed E-state index contributed by atoms with van der Waals surface area (Å²) >= 11 is -1.19. The van der Waals surface area contributed by atoms with E-state index in [9.17, 15) is 14.1 Å². The predicted octanol–water partition coefficient (Wildman–Crippen LogP) is 3.31. The van der Waals surface area contributed by atoms with Crippen LogP contribution < -0.4 is 16.2 Å². The summed E-state index contributed by atoms with van der Waals surface area (Å²) in [4.78, 5) is 44.6. The first kappa shape index (κ1) is 32.9. The van der Waals surface area contributed by atoms with Gasteiger partial charge in [-0.1, -0.05) is 0 Å². The molecule has 1 amide bonds. The van der Waals surface area contributed by atoms with E-state index in [1.54, 1.807) is 47.6 Å². The number of imidazole rings is 1. The summed E-state index contributed by atoms with van der Waals surface area (Å²) in [7, 11) is 3.92. The molecule has 2 aliphatic heterocycles. The lowest BCUT2D eigenvalue weighted by molar-refractivity contribution is -0.130. The van der Waals surface area contributed by atoms with Gasteiger partial charge < -0.3 is 29.6 Å². The molecule has 2 aliphatic rings. The van der Waals surface area contributed by atoms with Crippen molar-refractivity contribution in [2.45, 2.75) is 51.2 Å². The molecule has 0 bridgehead atoms. The van der Waals surface area contributed by atoms with E-state index in [0.717, 1.165) is 56.7 Å². The Kier molecular flexibility index (Phi) is 10.1. The number of fused-ring (bicyclic) bond motifs is 1. The molecule has 250 valence electrons. The lowest BCUT2D eigenvalue weighted by atomic mass is 10.0. The van der Waals surface area contributed by atoms with Crippen molar-refractivity contribution >= 4 is 45.6 Å². The number of hydrogen-bond acceptors (Lipinski definition) is 10. The molecule has 2 N–H and O–H groups in total. The van der Waals surface area contributed by atoms with Crippen molar-refractivity contribution in [3.63, 3.8) is 0 Å². The first-order chi connectivity index (χ1) is 22.7. The zero-order valence-electron chi connectivity index (χ0n) is 27.6. The number of carbonyl (C=O) groups is 1. The molecule has 2 fully saturated rings. The molecular weight excluding hydrogens is 616 g/mol. The Labute approximate surface area is 278 Å². The monoisotopic (exact) mass is 660 g/mol. The van der Waals surface area contributed by atoms with Crippen molar-refractivity contribution in [2.24, 2.45) is 0 Å². The molecule has 2 saturated heterocycles. The van der Waals surface area contributed by atoms with E-state index in [4.69, 9.17) is 4.98 Å². The minimum atomic E-state index is -1.19. The summed E-state index contributed by atoms with van der Waals surface area (Å²) in [5, 5.41) is 7.61. The summed E-state index contributed by atoms with van der Waals surface area (Å²) < 4.78 is 17.5. The van der Waals surface area contributed by atoms with Crippen LogP contribution in [0.25, 0.3) is 22.4 Å². The molecule has 6 rings (SSSR count). The zero-order chi connectivity index (χ0) is 33.1. The Hall–Kier alpha value is -3.98. The second-order valence-corrected chi connectivity index (χ2v) is 14.1. The average molecular weight is 661 g/mol. The molecule has 4 aromatic rings. The van der Waals surface area contributed by atoms with E-state index >= 15 is 0 Å². The standard InChI is InChI=1S/C33H44N10O3S/c1-23(44)41-14-5-6-28(22-41)42-17-13-34-31(42)29-20-24-21-35-33(38-30(24)43(32(29)45)19-18-40(3)47(4)46)37-26-9-7-25(8-10-26)36-27-11-15-39(2)16-12-27/h7-10,13,17,20-21,27-28,36H,5-6,11-12,14-16,18-19,22H2,1-4H3,(H,35,37,38). The van der Waals surface area contributed by atoms with Crippen molar-refractivity contribution in [3.8, 4) is 11.4 Å². The highest BCUT2D eigenvalue weighted by atomic mass is 32.2. The number of rotatable bonds is 10. The minimum absolute atomic E-state index is 0.0103. The van der Waals surface area contributed by atoms with Gasteiger partial charge in [0.05, 0.1) is 18.2 Å². The van der Waals surface area contributed by atoms with Gasteiger partial charge in [-0.2, -0.15) is 4.98 Å². The minimum Gasteiger partial charge on any atom is -0.598 e. The third-order valence-corrected chi connectivity index (χ3v) is 10.3. The fourth-order valence-electron chi connectivity index (χ4n) is 6.41. The second kappa shape index (κ2) is 14.4. The van der Waals surface area contributed by atoms with Gasteiger partial charge in [0.15, 0.2) is 0 Å². The van der Waals surface area contributed by atoms with Crippen molar-refractivity contribution in [1.82, 2.24) is 38.2 Å². The second-order valence-electron chi connectivity index (χ2n) is 12.6. The van der Waals surface area contributed by atoms with Crippen LogP contribution in [0.2, 0.25) is 0 Å². The van der Waals surface area contributed by atoms with Gasteiger partial charge in [0, 0.05) is 86.4 Å². The summed E-state index contributed by atoms with van der Waals surface area (Å²) in [6.45, 7) is 5.74. The van der Waals surface area contributed by atoms with Crippen LogP contribution in [0.5, 0.6) is 0 Å². The van der Waals surface area contributed by atoms with Crippen LogP contribution in [0.4, 0.5) is 17.3 Å². The number of aromatic nitrogens is 5. The maximum atomic E-state index is 14.2. The summed E-state index contributed by atoms with van der Waals surface area (Å²) in [5.41, 5.74) is 2.57. The van der Waals surface area contributed by atoms with E-state index in [1.165, 1.54) is 0 Å². The van der Waals surface area contributed by atoms with Gasteiger partial charge in [0.2, 0.25) is 11.9 Å². The molecule has 2 unspecified atom stereocenters. The highest BCUT2D eigenvalue weighted by Gasteiger charge is 2.26. The van der Waals surface area contributed by atoms with E-state index in [2.05, 4.69) is 44.7 Å². The van der Waals surface area contributed by atoms with Crippen LogP contribution in [0, 0.1) is 0 Å². The highest BCUT2D eigenvalue weighted by molar-refractivity contribution is 7.88. The Morgan fingerprint density at radius 2 is 1.85 bits per heavy atom. The molecule has 14 heteroatoms. The maximum Gasteiger partial charge on any atom is 0.263 e. The van der Waals surface area contributed by atoms with Crippen molar-refractivity contribution in [2.75, 3.05) is 63.7 Å². The average Bonchev–Trinajstić information content (AvgIpc) is 3.56. The summed E-state index contributed by atoms with van der Waals surface area (Å²) in [5.74, 6) is 0.961. The lowest BCUT2D eigenvalue weighted by Crippen LogP contribution is -2.39. The lowest BCUT2D eigenvalue weighted by Gasteiger charge is -2.33. The third-order valence-electron chi connectivity index (χ3n) is 9.28. The quantitative estimate of drug-likeness (QED) is 0.244. The van der Waals surface area contributed by atoms with Crippen LogP contribution in [0.1, 0.15) is 38.6 Å². The van der Waals surface area contributed by atoms with E-state index in [-0.39, 0.29) is 24.1 Å². The molecule has 0 spiro atoms. The Morgan fingerprint density at radius 3 is 2.57 bits per heavy atom. The SMILES string of the molecule is CC(=O)N1CCCC(n2ccnc2-c2cc3cnc(Nc4ccc(NC5CCN(C)CC5)cc4)nc3n(CCN(C)[S+](C)[O-])c2=O)C1. The molecule has 0 saturated carbocycles.